The summed E-state index contributed by atoms with van der Waals surface area (Å²) in [4.78, 5) is 249. The predicted molar refractivity (Wildman–Crippen MR) is 508 cm³/mol. The molecule has 25 N–H and O–H groups in total. The van der Waals surface area contributed by atoms with E-state index >= 15 is 0 Å². The number of guanidine groups is 2. The maximum Gasteiger partial charge on any atom is 0.340 e. The van der Waals surface area contributed by atoms with Gasteiger partial charge in [0, 0.05) is 161 Å². The zero-order chi connectivity index (χ0) is 103. The average molecular weight is 2000 g/mol. The van der Waals surface area contributed by atoms with E-state index in [9.17, 15) is 132 Å². The van der Waals surface area contributed by atoms with Crippen LogP contribution in [0.1, 0.15) is 213 Å². The van der Waals surface area contributed by atoms with Crippen LogP contribution in [0.4, 0.5) is 4.79 Å². The molecule has 47 heteroatoms. The number of urea groups is 1. The second kappa shape index (κ2) is 58.0. The molecule has 4 heterocycles. The predicted octanol–water partition coefficient (Wildman–Crippen LogP) is 0.480. The van der Waals surface area contributed by atoms with Crippen LogP contribution in [0.25, 0.3) is 0 Å². The Hall–Kier alpha value is -13.0. The molecular formula is C92H123N15O29S3. The van der Waals surface area contributed by atoms with Crippen molar-refractivity contribution in [2.24, 2.45) is 50.7 Å². The van der Waals surface area contributed by atoms with Crippen LogP contribution in [0.5, 0.6) is 23.0 Å². The molecular weight excluding hydrogens is 1880 g/mol. The summed E-state index contributed by atoms with van der Waals surface area (Å²) < 4.78 is 12.1. The van der Waals surface area contributed by atoms with Crippen molar-refractivity contribution in [3.8, 4) is 35.3 Å². The zero-order valence-electron chi connectivity index (χ0n) is 76.8. The summed E-state index contributed by atoms with van der Waals surface area (Å²) in [5.74, 6) is -15.5. The molecule has 12 atom stereocenters. The minimum Gasteiger partial charge on any atom is -0.508 e. The number of carboxylic acids is 3. The van der Waals surface area contributed by atoms with Crippen molar-refractivity contribution in [3.63, 3.8) is 0 Å². The number of fused-ring (bicyclic) bond motifs is 7. The number of aliphatic imine (C=N–C) groups is 2. The quantitative estimate of drug-likeness (QED) is 0.00534. The van der Waals surface area contributed by atoms with E-state index in [2.05, 4.69) is 76.4 Å². The number of nitrogens with two attached hydrogens (primary N) is 4. The van der Waals surface area contributed by atoms with Gasteiger partial charge in [0.1, 0.15) is 40.6 Å². The van der Waals surface area contributed by atoms with E-state index in [1.165, 1.54) is 31.2 Å². The standard InChI is InChI=1S/C50H58N6O16S2.C42H65N9O13S/c1-25(59)27(22-57)17-41(64)38(24-73)56-47(69)28(23-58)18-40(63)37(21-46(67)68)55-45(66)13-11-39(62)36(3-2-14-53-49(51)52)54-44(65)12-7-31(74)15-26-4-8-33-32(16-26)48(70)72-50(33)34-9-5-29(60)19-42(34)71-43-20-30(61)6-10-35(43)50;1-2-3-4-10-26(53)15-17-35(57)47-27(12-9-20-46-41(43)44)31(54)16-18-36(58)48-29(22-37(59)60)32(55)21-25(23-52)39(61)49-28(40(62)63)11-7-8-19-45-34(56)14-6-5-13-33-38-30(24-65-33)50-42(64)51-38/h4-6,8-10,16,19-20,27-28,36-38,57-58,60-61,73H,2-3,7,11-15,17-18,21-24H2,1H3,(H,54,65)(H,55,66)(H,56,69)(H,67,68)(H4,51,52,53);1,25,27-30,33,38,52H,3-24H2,(H,45,56)(H,47,57)(H,48,58)(H,49,61)(H,59,60)(H,62,63)(H4,43,44,46)(H2,50,51,64)/t27-,28-,36-,37-,38-;25?,27-,28-,29-,30?,33?,38?/m00/s1. The lowest BCUT2D eigenvalue weighted by Gasteiger charge is -2.36. The van der Waals surface area contributed by atoms with Crippen LogP contribution in [0.3, 0.4) is 0 Å². The molecule has 0 saturated carbocycles. The first kappa shape index (κ1) is 115. The van der Waals surface area contributed by atoms with Crippen LogP contribution in [0, 0.1) is 30.1 Å². The second-order valence-electron chi connectivity index (χ2n) is 33.8. The fourth-order valence-corrected chi connectivity index (χ4v) is 17.8. The number of aliphatic carboxylic acids is 3. The molecule has 4 aliphatic rings. The number of carbonyl (C=O) groups is 19. The number of aromatic hydroxyl groups is 2. The molecule has 0 radical (unpaired) electrons. The van der Waals surface area contributed by atoms with Gasteiger partial charge in [-0.1, -0.05) is 30.8 Å². The van der Waals surface area contributed by atoms with Gasteiger partial charge in [0.05, 0.1) is 92.4 Å². The summed E-state index contributed by atoms with van der Waals surface area (Å²) in [7, 11) is 0. The lowest BCUT2D eigenvalue weighted by molar-refractivity contribution is -0.144. The summed E-state index contributed by atoms with van der Waals surface area (Å²) >= 11 is 11.5. The number of ether oxygens (including phenoxy) is 2. The number of hydrogen-bond donors (Lipinski definition) is 22. The van der Waals surface area contributed by atoms with Crippen LogP contribution < -0.4 is 75.5 Å². The van der Waals surface area contributed by atoms with Crippen LogP contribution >= 0.6 is 36.6 Å². The molecule has 3 aromatic rings. The highest BCUT2D eigenvalue weighted by molar-refractivity contribution is 8.00. The van der Waals surface area contributed by atoms with Gasteiger partial charge >= 0.3 is 29.9 Å². The number of benzene rings is 3. The lowest BCUT2D eigenvalue weighted by Crippen LogP contribution is -2.48. The summed E-state index contributed by atoms with van der Waals surface area (Å²) in [5.41, 5.74) is 22.4. The molecule has 0 aliphatic carbocycles. The van der Waals surface area contributed by atoms with Gasteiger partial charge in [0.15, 0.2) is 46.4 Å². The number of aliphatic hydroxyl groups is 3. The Kier molecular flexibility index (Phi) is 47.8. The molecule has 0 aromatic heterocycles. The van der Waals surface area contributed by atoms with Crippen LogP contribution in [0.2, 0.25) is 0 Å². The molecule has 2 fully saturated rings. The molecule has 758 valence electrons. The van der Waals surface area contributed by atoms with E-state index in [1.54, 1.807) is 42.1 Å². The topological polar surface area (TPSA) is 742 Å². The van der Waals surface area contributed by atoms with Gasteiger partial charge in [-0.05, 0) is 118 Å². The third-order valence-corrected chi connectivity index (χ3v) is 25.4. The molecule has 9 amide bonds. The first-order chi connectivity index (χ1) is 66.0. The van der Waals surface area contributed by atoms with Crippen LogP contribution in [-0.4, -0.2) is 274 Å². The number of nitrogens with one attached hydrogen (secondary N) is 9. The number of amides is 9. The highest BCUT2D eigenvalue weighted by Crippen LogP contribution is 2.57. The molecule has 139 heavy (non-hydrogen) atoms. The second-order valence-corrected chi connectivity index (χ2v) is 36.1. The maximum atomic E-state index is 13.6. The highest BCUT2D eigenvalue weighted by atomic mass is 32.2. The van der Waals surface area contributed by atoms with Crippen molar-refractivity contribution < 1.29 is 141 Å². The van der Waals surface area contributed by atoms with Gasteiger partial charge in [-0.2, -0.15) is 24.4 Å². The molecule has 0 bridgehead atoms. The first-order valence-corrected chi connectivity index (χ1v) is 47.4. The molecule has 44 nitrogen and oxygen atoms in total. The fraction of sp³-hybridized carbons (Fsp3) is 0.543. The molecule has 1 spiro atoms. The number of thioether (sulfide) groups is 1. The Balaban J connectivity index is 0.000000430. The van der Waals surface area contributed by atoms with Gasteiger partial charge in [0.2, 0.25) is 41.4 Å². The number of phenolic OH excluding ortho intramolecular Hbond substituents is 2. The van der Waals surface area contributed by atoms with Crippen LogP contribution in [-0.2, 0) is 98.3 Å². The number of terminal acetylenes is 1. The molecule has 7 rings (SSSR count). The van der Waals surface area contributed by atoms with Gasteiger partial charge in [-0.15, -0.1) is 12.3 Å². The van der Waals surface area contributed by atoms with E-state index in [4.69, 9.17) is 51.0 Å². The summed E-state index contributed by atoms with van der Waals surface area (Å²) in [6.45, 7) is -0.751. The highest BCUT2D eigenvalue weighted by Gasteiger charge is 2.54. The number of thiocarbonyl (C=S) groups is 1. The molecule has 4 aliphatic heterocycles. The lowest BCUT2D eigenvalue weighted by atomic mass is 9.77. The number of ketones is 7. The summed E-state index contributed by atoms with van der Waals surface area (Å²) in [6.07, 6.45) is 4.34. The normalized spacial score (nSPS) is 16.2. The fourth-order valence-electron chi connectivity index (χ4n) is 15.7. The zero-order valence-corrected chi connectivity index (χ0v) is 79.3. The number of hydrogen-bond acceptors (Lipinski definition) is 31. The van der Waals surface area contributed by atoms with E-state index in [-0.39, 0.29) is 173 Å². The van der Waals surface area contributed by atoms with Gasteiger partial charge < -0.3 is 121 Å². The number of carboxylic acid groups (broad SMARTS) is 3. The van der Waals surface area contributed by atoms with Crippen molar-refractivity contribution in [1.29, 1.82) is 0 Å². The number of unbranched alkanes of at least 4 members (excludes halogenated alkanes) is 3. The minimum atomic E-state index is -1.70. The first-order valence-electron chi connectivity index (χ1n) is 45.3. The monoisotopic (exact) mass is 2000 g/mol. The SMILES string of the molecule is C#CCCCC(=O)CCC(=O)N[C@@H](CCCN=C(N)N)C(=O)CCC(=O)N[C@@H](CC(=O)O)C(=O)CC(CO)C(=O)N[C@@H](CCCCNC(=O)CCCCC1SCC2NC(=O)NC21)C(=O)O.CC(=O)[C@H](CO)CC(=O)[C@H](CS)NC(=O)[C@H](CO)CC(=O)[C@H](CC(=O)O)NC(=O)CCC(=O)[C@H](CCCN=C(N)N)NC(=O)CCC(=S)Cc1ccc2c(c1)C(=O)OC21c2ccc(O)cc2Oc2cc(O)ccc21. The number of aliphatic hydroxyl groups excluding tert-OH is 3. The summed E-state index contributed by atoms with van der Waals surface area (Å²) in [6, 6.07) is 5.78. The number of rotatable bonds is 64. The van der Waals surface area contributed by atoms with E-state index < -0.39 is 231 Å². The van der Waals surface area contributed by atoms with E-state index in [0.29, 0.717) is 64.5 Å². The number of Topliss-reactive ketones (excluding diaryl/α,β-unsaturated/α-hetero) is 7. The van der Waals surface area contributed by atoms with E-state index in [0.717, 1.165) is 18.6 Å². The molecule has 2 saturated heterocycles. The maximum absolute atomic E-state index is 13.6. The Morgan fingerprint density at radius 3 is 1.51 bits per heavy atom. The third kappa shape index (κ3) is 37.7. The number of carbonyl (C=O) groups excluding carboxylic acids is 16. The summed E-state index contributed by atoms with van der Waals surface area (Å²) in [5, 5.41) is 102. The Labute approximate surface area is 815 Å². The number of esters is 1. The van der Waals surface area contributed by atoms with Crippen molar-refractivity contribution in [1.82, 2.24) is 47.9 Å². The van der Waals surface area contributed by atoms with Gasteiger partial charge in [0.25, 0.3) is 0 Å². The van der Waals surface area contributed by atoms with Crippen molar-refractivity contribution >= 4 is 165 Å². The largest absolute Gasteiger partial charge is 0.508 e. The molecule has 4 unspecified atom stereocenters. The van der Waals surface area contributed by atoms with E-state index in [1.807, 2.05) is 0 Å². The number of thiol groups is 1. The van der Waals surface area contributed by atoms with Crippen LogP contribution in [0.15, 0.2) is 64.6 Å². The Bertz CT molecular complexity index is 5030. The Morgan fingerprint density at radius 2 is 1.02 bits per heavy atom. The third-order valence-electron chi connectivity index (χ3n) is 23.2. The minimum absolute atomic E-state index is 0.0414. The van der Waals surface area contributed by atoms with Gasteiger partial charge in [-0.3, -0.25) is 86.7 Å². The Morgan fingerprint density at radius 1 is 0.540 bits per heavy atom. The van der Waals surface area contributed by atoms with Crippen molar-refractivity contribution in [3.05, 3.63) is 82.4 Å². The van der Waals surface area contributed by atoms with Crippen molar-refractivity contribution in [2.45, 2.75) is 246 Å². The average Bonchev–Trinajstić information content (AvgIpc) is 1.57. The number of phenols is 2. The van der Waals surface area contributed by atoms with Gasteiger partial charge in [-0.25, -0.2) is 14.4 Å². The number of nitrogens with zero attached hydrogens (tertiary/aromatic N) is 2. The van der Waals surface area contributed by atoms with Crippen molar-refractivity contribution in [2.75, 3.05) is 51.0 Å². The molecule has 3 aromatic carbocycles. The smallest absolute Gasteiger partial charge is 0.340 e.